The van der Waals surface area contributed by atoms with Crippen molar-refractivity contribution < 1.29 is 9.90 Å². The van der Waals surface area contributed by atoms with Gasteiger partial charge in [-0.05, 0) is 32.2 Å². The molecule has 2 saturated heterocycles. The highest BCUT2D eigenvalue weighted by Crippen LogP contribution is 2.26. The second kappa shape index (κ2) is 6.11. The molecule has 0 spiro atoms. The van der Waals surface area contributed by atoms with Gasteiger partial charge in [-0.1, -0.05) is 0 Å². The van der Waals surface area contributed by atoms with Gasteiger partial charge in [0.05, 0.1) is 6.54 Å². The Balaban J connectivity index is 1.53. The summed E-state index contributed by atoms with van der Waals surface area (Å²) in [6.07, 6.45) is 5.62. The predicted octanol–water partition coefficient (Wildman–Crippen LogP) is 0.329. The number of carbonyl (C=O) groups is 1. The minimum atomic E-state index is -0.658. The lowest BCUT2D eigenvalue weighted by Crippen LogP contribution is -2.48. The monoisotopic (exact) mass is 293 g/mol. The van der Waals surface area contributed by atoms with Crippen molar-refractivity contribution in [1.82, 2.24) is 24.6 Å². The Hall–Kier alpha value is -1.47. The molecule has 0 radical (unpaired) electrons. The zero-order valence-electron chi connectivity index (χ0n) is 12.5. The standard InChI is InChI=1S/C14H23N5O2/c1-17-10-15-16-13(17)9-18-7-4-11(5-8-18)19-6-2-3-12(19)14(20)21/h10-12H,2-9H2,1H3,(H,20,21). The van der Waals surface area contributed by atoms with E-state index in [1.54, 1.807) is 6.33 Å². The molecule has 7 heteroatoms. The van der Waals surface area contributed by atoms with Crippen LogP contribution in [-0.4, -0.2) is 67.4 Å². The first-order valence-electron chi connectivity index (χ1n) is 7.69. The highest BCUT2D eigenvalue weighted by molar-refractivity contribution is 5.73. The smallest absolute Gasteiger partial charge is 0.320 e. The normalized spacial score (nSPS) is 25.5. The van der Waals surface area contributed by atoms with Crippen molar-refractivity contribution in [1.29, 1.82) is 0 Å². The van der Waals surface area contributed by atoms with E-state index in [-0.39, 0.29) is 6.04 Å². The number of piperidine rings is 1. The van der Waals surface area contributed by atoms with Crippen LogP contribution >= 0.6 is 0 Å². The highest BCUT2D eigenvalue weighted by Gasteiger charge is 2.36. The van der Waals surface area contributed by atoms with Crippen LogP contribution in [0.2, 0.25) is 0 Å². The lowest BCUT2D eigenvalue weighted by atomic mass is 10.0. The van der Waals surface area contributed by atoms with Crippen LogP contribution in [-0.2, 0) is 18.4 Å². The van der Waals surface area contributed by atoms with Gasteiger partial charge in [-0.25, -0.2) is 0 Å². The molecule has 2 aliphatic heterocycles. The lowest BCUT2D eigenvalue weighted by molar-refractivity contribution is -0.143. The molecule has 1 atom stereocenters. The number of carboxylic acid groups (broad SMARTS) is 1. The van der Waals surface area contributed by atoms with E-state index in [1.165, 1.54) is 0 Å². The number of carboxylic acids is 1. The molecule has 3 rings (SSSR count). The fourth-order valence-corrected chi connectivity index (χ4v) is 3.55. The SMILES string of the molecule is Cn1cnnc1CN1CCC(N2CCCC2C(=O)O)CC1. The maximum Gasteiger partial charge on any atom is 0.320 e. The summed E-state index contributed by atoms with van der Waals surface area (Å²) < 4.78 is 1.95. The van der Waals surface area contributed by atoms with Gasteiger partial charge >= 0.3 is 5.97 Å². The van der Waals surface area contributed by atoms with Crippen LogP contribution in [0.1, 0.15) is 31.5 Å². The van der Waals surface area contributed by atoms with Crippen molar-refractivity contribution in [3.05, 3.63) is 12.2 Å². The zero-order valence-corrected chi connectivity index (χ0v) is 12.5. The quantitative estimate of drug-likeness (QED) is 0.862. The molecule has 116 valence electrons. The van der Waals surface area contributed by atoms with Gasteiger partial charge in [0.15, 0.2) is 0 Å². The third-order valence-electron chi connectivity index (χ3n) is 4.78. The molecule has 0 amide bonds. The number of hydrogen-bond donors (Lipinski definition) is 1. The van der Waals surface area contributed by atoms with E-state index >= 15 is 0 Å². The molecular formula is C14H23N5O2. The maximum atomic E-state index is 11.3. The number of aryl methyl sites for hydroxylation is 1. The van der Waals surface area contributed by atoms with Gasteiger partial charge in [-0.3, -0.25) is 14.6 Å². The average Bonchev–Trinajstić information content (AvgIpc) is 3.10. The second-order valence-corrected chi connectivity index (χ2v) is 6.10. The van der Waals surface area contributed by atoms with Gasteiger partial charge in [0.1, 0.15) is 18.2 Å². The van der Waals surface area contributed by atoms with Crippen molar-refractivity contribution in [3.8, 4) is 0 Å². The topological polar surface area (TPSA) is 74.5 Å². The largest absolute Gasteiger partial charge is 0.480 e. The summed E-state index contributed by atoms with van der Waals surface area (Å²) in [7, 11) is 1.96. The van der Waals surface area contributed by atoms with E-state index in [9.17, 15) is 9.90 Å². The van der Waals surface area contributed by atoms with E-state index in [0.717, 1.165) is 57.7 Å². The Bertz CT molecular complexity index is 495. The summed E-state index contributed by atoms with van der Waals surface area (Å²) in [6, 6.07) is 0.157. The highest BCUT2D eigenvalue weighted by atomic mass is 16.4. The summed E-state index contributed by atoms with van der Waals surface area (Å²) in [4.78, 5) is 15.9. The van der Waals surface area contributed by atoms with Gasteiger partial charge in [0.25, 0.3) is 0 Å². The minimum absolute atomic E-state index is 0.264. The van der Waals surface area contributed by atoms with Crippen molar-refractivity contribution in [2.24, 2.45) is 7.05 Å². The summed E-state index contributed by atoms with van der Waals surface area (Å²) in [5.41, 5.74) is 0. The lowest BCUT2D eigenvalue weighted by Gasteiger charge is -2.38. The molecule has 0 bridgehead atoms. The van der Waals surface area contributed by atoms with Crippen LogP contribution in [0.25, 0.3) is 0 Å². The number of nitrogens with zero attached hydrogens (tertiary/aromatic N) is 5. The molecule has 3 heterocycles. The van der Waals surface area contributed by atoms with E-state index < -0.39 is 5.97 Å². The Kier molecular flexibility index (Phi) is 4.21. The summed E-state index contributed by atoms with van der Waals surface area (Å²) in [5, 5.41) is 17.3. The molecule has 0 aliphatic carbocycles. The number of likely N-dealkylation sites (tertiary alicyclic amines) is 2. The van der Waals surface area contributed by atoms with Crippen LogP contribution in [0.3, 0.4) is 0 Å². The second-order valence-electron chi connectivity index (χ2n) is 6.10. The molecule has 2 fully saturated rings. The molecule has 1 unspecified atom stereocenters. The van der Waals surface area contributed by atoms with Gasteiger partial charge in [0.2, 0.25) is 0 Å². The Labute approximate surface area is 124 Å². The molecule has 21 heavy (non-hydrogen) atoms. The van der Waals surface area contributed by atoms with Crippen LogP contribution in [0.15, 0.2) is 6.33 Å². The number of aliphatic carboxylic acids is 1. The first-order valence-corrected chi connectivity index (χ1v) is 7.69. The van der Waals surface area contributed by atoms with Crippen LogP contribution < -0.4 is 0 Å². The molecule has 1 aromatic rings. The summed E-state index contributed by atoms with van der Waals surface area (Å²) >= 11 is 0. The van der Waals surface area contributed by atoms with Gasteiger partial charge in [0, 0.05) is 26.2 Å². The molecule has 0 saturated carbocycles. The molecule has 7 nitrogen and oxygen atoms in total. The van der Waals surface area contributed by atoms with Gasteiger partial charge in [-0.15, -0.1) is 10.2 Å². The van der Waals surface area contributed by atoms with Crippen LogP contribution in [0, 0.1) is 0 Å². The van der Waals surface area contributed by atoms with Crippen molar-refractivity contribution in [2.45, 2.75) is 44.3 Å². The van der Waals surface area contributed by atoms with Crippen molar-refractivity contribution in [2.75, 3.05) is 19.6 Å². The maximum absolute atomic E-state index is 11.3. The Morgan fingerprint density at radius 3 is 2.71 bits per heavy atom. The molecule has 2 aliphatic rings. The average molecular weight is 293 g/mol. The third kappa shape index (κ3) is 3.08. The van der Waals surface area contributed by atoms with Crippen molar-refractivity contribution in [3.63, 3.8) is 0 Å². The summed E-state index contributed by atoms with van der Waals surface area (Å²) in [6.45, 7) is 3.76. The van der Waals surface area contributed by atoms with E-state index in [0.29, 0.717) is 6.04 Å². The number of aromatic nitrogens is 3. The Morgan fingerprint density at radius 2 is 2.10 bits per heavy atom. The van der Waals surface area contributed by atoms with Crippen LogP contribution in [0.5, 0.6) is 0 Å². The number of rotatable bonds is 4. The molecule has 1 N–H and O–H groups in total. The predicted molar refractivity (Wildman–Crippen MR) is 76.7 cm³/mol. The zero-order chi connectivity index (χ0) is 14.8. The third-order valence-corrected chi connectivity index (χ3v) is 4.78. The van der Waals surface area contributed by atoms with E-state index in [2.05, 4.69) is 20.0 Å². The number of hydrogen-bond acceptors (Lipinski definition) is 5. The Morgan fingerprint density at radius 1 is 1.33 bits per heavy atom. The van der Waals surface area contributed by atoms with Crippen LogP contribution in [0.4, 0.5) is 0 Å². The molecular weight excluding hydrogens is 270 g/mol. The van der Waals surface area contributed by atoms with Gasteiger partial charge < -0.3 is 9.67 Å². The van der Waals surface area contributed by atoms with Crippen molar-refractivity contribution >= 4 is 5.97 Å². The fourth-order valence-electron chi connectivity index (χ4n) is 3.55. The van der Waals surface area contributed by atoms with E-state index in [1.807, 2.05) is 11.6 Å². The minimum Gasteiger partial charge on any atom is -0.480 e. The first kappa shape index (κ1) is 14.5. The first-order chi connectivity index (χ1) is 10.1. The molecule has 1 aromatic heterocycles. The molecule has 0 aromatic carbocycles. The summed E-state index contributed by atoms with van der Waals surface area (Å²) in [5.74, 6) is 0.326. The van der Waals surface area contributed by atoms with Gasteiger partial charge in [-0.2, -0.15) is 0 Å². The van der Waals surface area contributed by atoms with E-state index in [4.69, 9.17) is 0 Å². The fraction of sp³-hybridized carbons (Fsp3) is 0.786.